The summed E-state index contributed by atoms with van der Waals surface area (Å²) in [5.41, 5.74) is 0.734. The van der Waals surface area contributed by atoms with E-state index in [1.165, 1.54) is 12.1 Å². The van der Waals surface area contributed by atoms with Crippen LogP contribution in [-0.2, 0) is 26.4 Å². The highest BCUT2D eigenvalue weighted by Crippen LogP contribution is 2.09. The van der Waals surface area contributed by atoms with E-state index in [-0.39, 0.29) is 22.4 Å². The van der Waals surface area contributed by atoms with Crippen LogP contribution in [0.3, 0.4) is 0 Å². The monoisotopic (exact) mass is 320 g/mol. The van der Waals surface area contributed by atoms with Gasteiger partial charge in [0.05, 0.1) is 10.6 Å². The van der Waals surface area contributed by atoms with E-state index >= 15 is 0 Å². The normalized spacial score (nSPS) is 14.2. The molecule has 0 spiro atoms. The molecule has 0 heterocycles. The third kappa shape index (κ3) is 5.58. The lowest BCUT2D eigenvalue weighted by molar-refractivity contribution is 0.557. The second-order valence-corrected chi connectivity index (χ2v) is 8.63. The SMILES string of the molecule is CCS(=O)(=O)CC(C)NCc1cccc(S(N)(=O)=O)c1. The number of hydrogen-bond donors (Lipinski definition) is 2. The highest BCUT2D eigenvalue weighted by Gasteiger charge is 2.13. The topological polar surface area (TPSA) is 106 Å². The highest BCUT2D eigenvalue weighted by molar-refractivity contribution is 7.91. The summed E-state index contributed by atoms with van der Waals surface area (Å²) in [6, 6.07) is 6.04. The molecule has 0 amide bonds. The summed E-state index contributed by atoms with van der Waals surface area (Å²) in [7, 11) is -6.75. The number of nitrogens with two attached hydrogens (primary N) is 1. The zero-order valence-corrected chi connectivity index (χ0v) is 13.2. The largest absolute Gasteiger partial charge is 0.309 e. The van der Waals surface area contributed by atoms with Crippen molar-refractivity contribution < 1.29 is 16.8 Å². The summed E-state index contributed by atoms with van der Waals surface area (Å²) in [6.45, 7) is 3.76. The summed E-state index contributed by atoms with van der Waals surface area (Å²) in [5.74, 6) is 0.165. The van der Waals surface area contributed by atoms with Crippen LogP contribution in [0, 0.1) is 0 Å². The molecule has 20 heavy (non-hydrogen) atoms. The van der Waals surface area contributed by atoms with Gasteiger partial charge in [-0.15, -0.1) is 0 Å². The number of hydrogen-bond acceptors (Lipinski definition) is 5. The van der Waals surface area contributed by atoms with Gasteiger partial charge in [-0.3, -0.25) is 0 Å². The van der Waals surface area contributed by atoms with Gasteiger partial charge in [0.2, 0.25) is 10.0 Å². The average Bonchev–Trinajstić information content (AvgIpc) is 2.35. The minimum absolute atomic E-state index is 0.0469. The van der Waals surface area contributed by atoms with Gasteiger partial charge < -0.3 is 5.32 Å². The molecule has 0 saturated carbocycles. The van der Waals surface area contributed by atoms with Crippen molar-refractivity contribution in [3.63, 3.8) is 0 Å². The Labute approximate surface area is 120 Å². The molecule has 8 heteroatoms. The van der Waals surface area contributed by atoms with Crippen molar-refractivity contribution in [3.05, 3.63) is 29.8 Å². The van der Waals surface area contributed by atoms with Crippen LogP contribution in [0.25, 0.3) is 0 Å². The van der Waals surface area contributed by atoms with Gasteiger partial charge in [-0.2, -0.15) is 0 Å². The second-order valence-electron chi connectivity index (χ2n) is 4.67. The van der Waals surface area contributed by atoms with Crippen LogP contribution in [0.4, 0.5) is 0 Å². The van der Waals surface area contributed by atoms with Crippen LogP contribution in [0.2, 0.25) is 0 Å². The van der Waals surface area contributed by atoms with Gasteiger partial charge in [0, 0.05) is 18.3 Å². The lowest BCUT2D eigenvalue weighted by atomic mass is 10.2. The molecule has 0 radical (unpaired) electrons. The molecular weight excluding hydrogens is 300 g/mol. The molecule has 0 aliphatic rings. The van der Waals surface area contributed by atoms with Crippen molar-refractivity contribution >= 4 is 19.9 Å². The van der Waals surface area contributed by atoms with E-state index in [0.29, 0.717) is 6.54 Å². The van der Waals surface area contributed by atoms with Crippen molar-refractivity contribution in [2.24, 2.45) is 5.14 Å². The van der Waals surface area contributed by atoms with Crippen molar-refractivity contribution in [1.82, 2.24) is 5.32 Å². The van der Waals surface area contributed by atoms with Crippen LogP contribution >= 0.6 is 0 Å². The molecule has 1 atom stereocenters. The average molecular weight is 320 g/mol. The van der Waals surface area contributed by atoms with Crippen molar-refractivity contribution in [1.29, 1.82) is 0 Å². The summed E-state index contributed by atoms with van der Waals surface area (Å²) in [4.78, 5) is 0.0469. The zero-order valence-electron chi connectivity index (χ0n) is 11.5. The van der Waals surface area contributed by atoms with Crippen LogP contribution in [-0.4, -0.2) is 34.4 Å². The van der Waals surface area contributed by atoms with Gasteiger partial charge in [-0.25, -0.2) is 22.0 Å². The van der Waals surface area contributed by atoms with Crippen molar-refractivity contribution in [2.75, 3.05) is 11.5 Å². The fourth-order valence-electron chi connectivity index (χ4n) is 1.68. The highest BCUT2D eigenvalue weighted by atomic mass is 32.2. The number of sulfone groups is 1. The molecule has 1 aromatic carbocycles. The maximum atomic E-state index is 11.5. The predicted molar refractivity (Wildman–Crippen MR) is 78.4 cm³/mol. The van der Waals surface area contributed by atoms with Crippen LogP contribution < -0.4 is 10.5 Å². The second kappa shape index (κ2) is 6.66. The number of rotatable bonds is 7. The molecule has 0 aromatic heterocycles. The van der Waals surface area contributed by atoms with E-state index in [9.17, 15) is 16.8 Å². The molecule has 1 unspecified atom stereocenters. The summed E-state index contributed by atoms with van der Waals surface area (Å²) in [5, 5.41) is 8.11. The lowest BCUT2D eigenvalue weighted by Gasteiger charge is -2.13. The lowest BCUT2D eigenvalue weighted by Crippen LogP contribution is -2.33. The van der Waals surface area contributed by atoms with E-state index in [0.717, 1.165) is 5.56 Å². The smallest absolute Gasteiger partial charge is 0.238 e. The first-order valence-electron chi connectivity index (χ1n) is 6.19. The van der Waals surface area contributed by atoms with Gasteiger partial charge in [0.15, 0.2) is 9.84 Å². The molecular formula is C12H20N2O4S2. The minimum atomic E-state index is -3.72. The maximum Gasteiger partial charge on any atom is 0.238 e. The quantitative estimate of drug-likeness (QED) is 0.749. The maximum absolute atomic E-state index is 11.5. The number of sulfonamides is 1. The fraction of sp³-hybridized carbons (Fsp3) is 0.500. The van der Waals surface area contributed by atoms with Crippen molar-refractivity contribution in [2.45, 2.75) is 31.3 Å². The molecule has 0 saturated heterocycles. The van der Waals surface area contributed by atoms with E-state index in [4.69, 9.17) is 5.14 Å². The Morgan fingerprint density at radius 1 is 1.25 bits per heavy atom. The Morgan fingerprint density at radius 2 is 1.90 bits per heavy atom. The molecule has 0 aliphatic carbocycles. The summed E-state index contributed by atoms with van der Waals surface area (Å²) < 4.78 is 45.4. The van der Waals surface area contributed by atoms with E-state index in [1.807, 2.05) is 0 Å². The number of primary sulfonamides is 1. The molecule has 114 valence electrons. The van der Waals surface area contributed by atoms with Gasteiger partial charge in [-0.1, -0.05) is 19.1 Å². The van der Waals surface area contributed by atoms with Crippen LogP contribution in [0.5, 0.6) is 0 Å². The van der Waals surface area contributed by atoms with E-state index in [2.05, 4.69) is 5.32 Å². The third-order valence-electron chi connectivity index (χ3n) is 2.83. The Morgan fingerprint density at radius 3 is 2.45 bits per heavy atom. The number of nitrogens with one attached hydrogen (secondary N) is 1. The summed E-state index contributed by atoms with van der Waals surface area (Å²) in [6.07, 6.45) is 0. The molecule has 3 N–H and O–H groups in total. The molecule has 0 aliphatic heterocycles. The first-order valence-corrected chi connectivity index (χ1v) is 9.56. The fourth-order valence-corrected chi connectivity index (χ4v) is 3.38. The Bertz CT molecular complexity index is 654. The molecule has 6 nitrogen and oxygen atoms in total. The molecule has 1 rings (SSSR count). The Hall–Kier alpha value is -0.960. The Balaban J connectivity index is 2.67. The predicted octanol–water partition coefficient (Wildman–Crippen LogP) is 0.247. The Kier molecular flexibility index (Phi) is 5.69. The van der Waals surface area contributed by atoms with Crippen molar-refractivity contribution in [3.8, 4) is 0 Å². The van der Waals surface area contributed by atoms with Gasteiger partial charge in [0.25, 0.3) is 0 Å². The van der Waals surface area contributed by atoms with E-state index < -0.39 is 19.9 Å². The van der Waals surface area contributed by atoms with Gasteiger partial charge in [-0.05, 0) is 24.6 Å². The molecule has 0 bridgehead atoms. The van der Waals surface area contributed by atoms with Gasteiger partial charge >= 0.3 is 0 Å². The molecule has 0 fully saturated rings. The molecule has 1 aromatic rings. The van der Waals surface area contributed by atoms with E-state index in [1.54, 1.807) is 26.0 Å². The number of benzene rings is 1. The van der Waals surface area contributed by atoms with Gasteiger partial charge in [0.1, 0.15) is 0 Å². The van der Waals surface area contributed by atoms with Crippen LogP contribution in [0.15, 0.2) is 29.2 Å². The summed E-state index contributed by atoms with van der Waals surface area (Å²) >= 11 is 0. The standard InChI is InChI=1S/C12H20N2O4S2/c1-3-19(15,16)9-10(2)14-8-11-5-4-6-12(7-11)20(13,17)18/h4-7,10,14H,3,8-9H2,1-2H3,(H2,13,17,18). The zero-order chi connectivity index (χ0) is 15.4. The first-order chi connectivity index (χ1) is 9.14. The third-order valence-corrected chi connectivity index (χ3v) is 5.62. The first kappa shape index (κ1) is 17.1. The minimum Gasteiger partial charge on any atom is -0.309 e. The van der Waals surface area contributed by atoms with Crippen LogP contribution in [0.1, 0.15) is 19.4 Å².